The lowest BCUT2D eigenvalue weighted by molar-refractivity contribution is -0.128. The summed E-state index contributed by atoms with van der Waals surface area (Å²) in [5.74, 6) is -2.71. The van der Waals surface area contributed by atoms with Gasteiger partial charge in [-0.1, -0.05) is 17.7 Å². The molecule has 0 radical (unpaired) electrons. The van der Waals surface area contributed by atoms with Crippen molar-refractivity contribution in [1.29, 1.82) is 0 Å². The summed E-state index contributed by atoms with van der Waals surface area (Å²) in [6.07, 6.45) is 0.703. The maximum absolute atomic E-state index is 13.6. The molecule has 1 aromatic carbocycles. The molecule has 2 rings (SSSR count). The molecule has 0 spiro atoms. The minimum Gasteiger partial charge on any atom is -0.338 e. The van der Waals surface area contributed by atoms with E-state index in [0.29, 0.717) is 5.56 Å². The van der Waals surface area contributed by atoms with Crippen LogP contribution < -0.4 is 4.72 Å². The summed E-state index contributed by atoms with van der Waals surface area (Å²) in [5, 5.41) is -0.0761. The number of nitrogens with zero attached hydrogens (tertiary/aromatic N) is 1. The second kappa shape index (κ2) is 5.85. The number of benzene rings is 1. The quantitative estimate of drug-likeness (QED) is 0.885. The van der Waals surface area contributed by atoms with Crippen molar-refractivity contribution in [3.05, 3.63) is 34.6 Å². The average molecular weight is 349 g/mol. The van der Waals surface area contributed by atoms with Gasteiger partial charge in [0.05, 0.1) is 23.2 Å². The van der Waals surface area contributed by atoms with Crippen LogP contribution in [0.5, 0.6) is 0 Å². The molecule has 120 valence electrons. The van der Waals surface area contributed by atoms with Crippen LogP contribution in [-0.2, 0) is 19.6 Å². The van der Waals surface area contributed by atoms with Crippen LogP contribution in [0.1, 0.15) is 18.0 Å². The van der Waals surface area contributed by atoms with E-state index in [0.717, 1.165) is 12.3 Å². The molecular formula is C13H14ClFN2O4S. The SMILES string of the molecule is CN1C(=O)CC(C(=O)NS(C)(=O)=O)C1c1ccc(Cl)c(F)c1. The molecule has 1 heterocycles. The maximum Gasteiger partial charge on any atom is 0.239 e. The Morgan fingerprint density at radius 1 is 1.45 bits per heavy atom. The Morgan fingerprint density at radius 2 is 2.09 bits per heavy atom. The maximum atomic E-state index is 13.6. The summed E-state index contributed by atoms with van der Waals surface area (Å²) in [7, 11) is -2.26. The normalized spacial score (nSPS) is 22.0. The molecule has 0 aromatic heterocycles. The molecule has 1 fully saturated rings. The van der Waals surface area contributed by atoms with Gasteiger partial charge < -0.3 is 4.90 Å². The van der Waals surface area contributed by atoms with Crippen molar-refractivity contribution >= 4 is 33.4 Å². The Hall–Kier alpha value is -1.67. The zero-order valence-electron chi connectivity index (χ0n) is 11.8. The van der Waals surface area contributed by atoms with Gasteiger partial charge >= 0.3 is 0 Å². The summed E-state index contributed by atoms with van der Waals surface area (Å²) >= 11 is 5.62. The van der Waals surface area contributed by atoms with Crippen LogP contribution in [0.3, 0.4) is 0 Å². The summed E-state index contributed by atoms with van der Waals surface area (Å²) in [5.41, 5.74) is 0.379. The highest BCUT2D eigenvalue weighted by Crippen LogP contribution is 2.38. The molecule has 0 aliphatic carbocycles. The van der Waals surface area contributed by atoms with E-state index in [1.54, 1.807) is 0 Å². The lowest BCUT2D eigenvalue weighted by atomic mass is 9.93. The molecule has 0 saturated carbocycles. The summed E-state index contributed by atoms with van der Waals surface area (Å²) < 4.78 is 37.9. The largest absolute Gasteiger partial charge is 0.338 e. The molecule has 6 nitrogen and oxygen atoms in total. The van der Waals surface area contributed by atoms with E-state index in [1.165, 1.54) is 24.1 Å². The fraction of sp³-hybridized carbons (Fsp3) is 0.385. The Balaban J connectivity index is 2.38. The molecule has 1 aliphatic rings. The van der Waals surface area contributed by atoms with Crippen molar-refractivity contribution < 1.29 is 22.4 Å². The zero-order chi connectivity index (χ0) is 16.7. The van der Waals surface area contributed by atoms with Crippen molar-refractivity contribution in [2.45, 2.75) is 12.5 Å². The third kappa shape index (κ3) is 3.38. The minimum absolute atomic E-state index is 0.0761. The molecule has 1 N–H and O–H groups in total. The third-order valence-electron chi connectivity index (χ3n) is 3.49. The molecule has 0 bridgehead atoms. The van der Waals surface area contributed by atoms with E-state index >= 15 is 0 Å². The molecule has 1 aliphatic heterocycles. The van der Waals surface area contributed by atoms with Crippen LogP contribution in [0, 0.1) is 11.7 Å². The van der Waals surface area contributed by atoms with E-state index < -0.39 is 33.7 Å². The van der Waals surface area contributed by atoms with Crippen molar-refractivity contribution in [3.8, 4) is 0 Å². The number of carbonyl (C=O) groups is 2. The highest BCUT2D eigenvalue weighted by molar-refractivity contribution is 7.89. The van der Waals surface area contributed by atoms with Crippen LogP contribution in [0.25, 0.3) is 0 Å². The first-order valence-corrected chi connectivity index (χ1v) is 8.59. The van der Waals surface area contributed by atoms with Crippen molar-refractivity contribution in [2.24, 2.45) is 5.92 Å². The molecule has 22 heavy (non-hydrogen) atoms. The molecule has 2 amide bonds. The van der Waals surface area contributed by atoms with Gasteiger partial charge in [0.25, 0.3) is 0 Å². The van der Waals surface area contributed by atoms with Crippen LogP contribution in [-0.4, -0.2) is 38.4 Å². The molecule has 2 atom stereocenters. The van der Waals surface area contributed by atoms with Gasteiger partial charge in [-0.3, -0.25) is 14.3 Å². The summed E-state index contributed by atoms with van der Waals surface area (Å²) in [6, 6.07) is 3.23. The number of hydrogen-bond donors (Lipinski definition) is 1. The predicted octanol–water partition coefficient (Wildman–Crippen LogP) is 1.07. The van der Waals surface area contributed by atoms with E-state index in [4.69, 9.17) is 11.6 Å². The second-order valence-electron chi connectivity index (χ2n) is 5.17. The number of hydrogen-bond acceptors (Lipinski definition) is 4. The van der Waals surface area contributed by atoms with Crippen LogP contribution >= 0.6 is 11.6 Å². The number of likely N-dealkylation sites (tertiary alicyclic amines) is 1. The van der Waals surface area contributed by atoms with Crippen LogP contribution in [0.2, 0.25) is 5.02 Å². The molecule has 1 aromatic rings. The van der Waals surface area contributed by atoms with Gasteiger partial charge in [-0.15, -0.1) is 0 Å². The first kappa shape index (κ1) is 16.7. The van der Waals surface area contributed by atoms with Crippen molar-refractivity contribution in [1.82, 2.24) is 9.62 Å². The molecule has 1 saturated heterocycles. The third-order valence-corrected chi connectivity index (χ3v) is 4.37. The number of rotatable bonds is 3. The predicted molar refractivity (Wildman–Crippen MR) is 78.0 cm³/mol. The van der Waals surface area contributed by atoms with Gasteiger partial charge in [-0.25, -0.2) is 12.8 Å². The lowest BCUT2D eigenvalue weighted by Gasteiger charge is -2.24. The Bertz CT molecular complexity index is 738. The topological polar surface area (TPSA) is 83.6 Å². The molecule has 9 heteroatoms. The average Bonchev–Trinajstić information content (AvgIpc) is 2.68. The molecular weight excluding hydrogens is 335 g/mol. The van der Waals surface area contributed by atoms with Gasteiger partial charge in [-0.05, 0) is 17.7 Å². The van der Waals surface area contributed by atoms with Gasteiger partial charge in [0.2, 0.25) is 21.8 Å². The highest BCUT2D eigenvalue weighted by atomic mass is 35.5. The smallest absolute Gasteiger partial charge is 0.239 e. The standard InChI is InChI=1S/C13H14ClFN2O4S/c1-17-11(18)6-8(13(19)16-22(2,20)21)12(17)7-3-4-9(14)10(15)5-7/h3-5,8,12H,6H2,1-2H3,(H,16,19). The van der Waals surface area contributed by atoms with E-state index in [9.17, 15) is 22.4 Å². The van der Waals surface area contributed by atoms with Gasteiger partial charge in [0, 0.05) is 13.5 Å². The summed E-state index contributed by atoms with van der Waals surface area (Å²) in [6.45, 7) is 0. The van der Waals surface area contributed by atoms with Gasteiger partial charge in [0.1, 0.15) is 5.82 Å². The lowest BCUT2D eigenvalue weighted by Crippen LogP contribution is -2.37. The fourth-order valence-corrected chi connectivity index (χ4v) is 3.15. The number of amides is 2. The van der Waals surface area contributed by atoms with E-state index in [1.807, 2.05) is 4.72 Å². The number of nitrogens with one attached hydrogen (secondary N) is 1. The zero-order valence-corrected chi connectivity index (χ0v) is 13.4. The second-order valence-corrected chi connectivity index (χ2v) is 7.33. The first-order valence-electron chi connectivity index (χ1n) is 6.32. The number of halogens is 2. The Morgan fingerprint density at radius 3 is 2.64 bits per heavy atom. The first-order chi connectivity index (χ1) is 10.1. The van der Waals surface area contributed by atoms with Crippen LogP contribution in [0.15, 0.2) is 18.2 Å². The van der Waals surface area contributed by atoms with E-state index in [-0.39, 0.29) is 17.4 Å². The Kier molecular flexibility index (Phi) is 4.44. The number of carbonyl (C=O) groups excluding carboxylic acids is 2. The Labute approximate surface area is 132 Å². The summed E-state index contributed by atoms with van der Waals surface area (Å²) in [4.78, 5) is 25.3. The van der Waals surface area contributed by atoms with Crippen molar-refractivity contribution in [3.63, 3.8) is 0 Å². The fourth-order valence-electron chi connectivity index (χ4n) is 2.52. The van der Waals surface area contributed by atoms with Crippen LogP contribution in [0.4, 0.5) is 4.39 Å². The van der Waals surface area contributed by atoms with Crippen molar-refractivity contribution in [2.75, 3.05) is 13.3 Å². The highest BCUT2D eigenvalue weighted by Gasteiger charge is 2.43. The number of sulfonamides is 1. The van der Waals surface area contributed by atoms with Gasteiger partial charge in [-0.2, -0.15) is 0 Å². The molecule has 2 unspecified atom stereocenters. The van der Waals surface area contributed by atoms with Gasteiger partial charge in [0.15, 0.2) is 0 Å². The minimum atomic E-state index is -3.74. The monoisotopic (exact) mass is 348 g/mol. The van der Waals surface area contributed by atoms with E-state index in [2.05, 4.69) is 0 Å².